The first-order chi connectivity index (χ1) is 13.3. The number of methoxy groups -OCH3 is 2. The monoisotopic (exact) mass is 391 g/mol. The van der Waals surface area contributed by atoms with Crippen molar-refractivity contribution < 1.29 is 19.1 Å². The molecule has 0 radical (unpaired) electrons. The van der Waals surface area contributed by atoms with Crippen molar-refractivity contribution in [1.29, 1.82) is 0 Å². The Labute approximate surface area is 167 Å². The number of benzene rings is 1. The molecule has 156 valence electrons. The van der Waals surface area contributed by atoms with Gasteiger partial charge >= 0.3 is 6.03 Å². The Kier molecular flexibility index (Phi) is 8.11. The van der Waals surface area contributed by atoms with Crippen LogP contribution in [0.5, 0.6) is 11.5 Å². The molecule has 0 unspecified atom stereocenters. The Morgan fingerprint density at radius 1 is 1.14 bits per heavy atom. The number of amides is 3. The standard InChI is InChI=1S/C21H33N3O4/c1-14-11-18(27-4)19(28-5)12-16(14)13-24(3)15(2)20(25)23-21(26)22-17-9-7-6-8-10-17/h11-12,15,17H,6-10,13H2,1-5H3,(H2,22,23,25,26)/t15-/m0/s1. The average molecular weight is 392 g/mol. The van der Waals surface area contributed by atoms with Crippen molar-refractivity contribution in [2.75, 3.05) is 21.3 Å². The van der Waals surface area contributed by atoms with Crippen LogP contribution in [0.3, 0.4) is 0 Å². The summed E-state index contributed by atoms with van der Waals surface area (Å²) in [7, 11) is 5.06. The van der Waals surface area contributed by atoms with Gasteiger partial charge in [-0.15, -0.1) is 0 Å². The lowest BCUT2D eigenvalue weighted by Crippen LogP contribution is -2.50. The van der Waals surface area contributed by atoms with Crippen LogP contribution in [0.4, 0.5) is 4.79 Å². The highest BCUT2D eigenvalue weighted by molar-refractivity contribution is 5.96. The fourth-order valence-electron chi connectivity index (χ4n) is 3.48. The zero-order valence-corrected chi connectivity index (χ0v) is 17.6. The van der Waals surface area contributed by atoms with Gasteiger partial charge in [0, 0.05) is 12.6 Å². The molecule has 1 fully saturated rings. The summed E-state index contributed by atoms with van der Waals surface area (Å²) in [6.07, 6.45) is 5.44. The van der Waals surface area contributed by atoms with Gasteiger partial charge in [-0.25, -0.2) is 4.79 Å². The predicted octanol–water partition coefficient (Wildman–Crippen LogP) is 2.99. The molecule has 1 aliphatic carbocycles. The maximum Gasteiger partial charge on any atom is 0.321 e. The molecule has 7 heteroatoms. The average Bonchev–Trinajstić information content (AvgIpc) is 2.68. The number of ether oxygens (including phenoxy) is 2. The molecule has 2 N–H and O–H groups in total. The summed E-state index contributed by atoms with van der Waals surface area (Å²) in [5.41, 5.74) is 2.08. The molecule has 0 aliphatic heterocycles. The SMILES string of the molecule is COc1cc(C)c(CN(C)[C@@H](C)C(=O)NC(=O)NC2CCCCC2)cc1OC. The van der Waals surface area contributed by atoms with Crippen molar-refractivity contribution in [2.45, 2.75) is 64.6 Å². The topological polar surface area (TPSA) is 79.9 Å². The number of hydrogen-bond acceptors (Lipinski definition) is 5. The molecule has 3 amide bonds. The summed E-state index contributed by atoms with van der Waals surface area (Å²) >= 11 is 0. The van der Waals surface area contributed by atoms with Gasteiger partial charge in [-0.2, -0.15) is 0 Å². The summed E-state index contributed by atoms with van der Waals surface area (Å²) in [5, 5.41) is 5.38. The number of nitrogens with one attached hydrogen (secondary N) is 2. The van der Waals surface area contributed by atoms with E-state index in [4.69, 9.17) is 9.47 Å². The Morgan fingerprint density at radius 3 is 2.36 bits per heavy atom. The zero-order valence-electron chi connectivity index (χ0n) is 17.6. The molecule has 2 rings (SSSR count). The summed E-state index contributed by atoms with van der Waals surface area (Å²) in [6, 6.07) is 3.16. The second kappa shape index (κ2) is 10.3. The van der Waals surface area contributed by atoms with Crippen molar-refractivity contribution in [3.63, 3.8) is 0 Å². The van der Waals surface area contributed by atoms with Crippen LogP contribution in [0.25, 0.3) is 0 Å². The zero-order chi connectivity index (χ0) is 20.7. The van der Waals surface area contributed by atoms with E-state index >= 15 is 0 Å². The number of nitrogens with zero attached hydrogens (tertiary/aromatic N) is 1. The molecule has 1 aromatic rings. The van der Waals surface area contributed by atoms with E-state index < -0.39 is 12.1 Å². The third-order valence-corrected chi connectivity index (χ3v) is 5.48. The normalized spacial score (nSPS) is 15.8. The van der Waals surface area contributed by atoms with Gasteiger partial charge in [0.25, 0.3) is 0 Å². The molecule has 1 atom stereocenters. The van der Waals surface area contributed by atoms with Gasteiger partial charge in [-0.3, -0.25) is 15.0 Å². The summed E-state index contributed by atoms with van der Waals surface area (Å²) < 4.78 is 10.7. The fourth-order valence-corrected chi connectivity index (χ4v) is 3.48. The lowest BCUT2D eigenvalue weighted by atomic mass is 9.96. The number of rotatable bonds is 7. The van der Waals surface area contributed by atoms with Crippen LogP contribution >= 0.6 is 0 Å². The largest absolute Gasteiger partial charge is 0.493 e. The quantitative estimate of drug-likeness (QED) is 0.747. The second-order valence-electron chi connectivity index (χ2n) is 7.52. The van der Waals surface area contributed by atoms with Crippen LogP contribution in [-0.4, -0.2) is 50.2 Å². The highest BCUT2D eigenvalue weighted by Gasteiger charge is 2.23. The number of likely N-dealkylation sites (N-methyl/N-ethyl adjacent to an activating group) is 1. The first kappa shape index (κ1) is 22.0. The lowest BCUT2D eigenvalue weighted by molar-refractivity contribution is -0.124. The first-order valence-electron chi connectivity index (χ1n) is 9.88. The highest BCUT2D eigenvalue weighted by Crippen LogP contribution is 2.30. The van der Waals surface area contributed by atoms with Crippen molar-refractivity contribution in [3.05, 3.63) is 23.3 Å². The van der Waals surface area contributed by atoms with E-state index in [0.717, 1.165) is 36.8 Å². The van der Waals surface area contributed by atoms with Crippen molar-refractivity contribution in [3.8, 4) is 11.5 Å². The van der Waals surface area contributed by atoms with E-state index in [1.807, 2.05) is 31.0 Å². The number of aryl methyl sites for hydroxylation is 1. The van der Waals surface area contributed by atoms with E-state index in [1.165, 1.54) is 6.42 Å². The van der Waals surface area contributed by atoms with E-state index in [1.54, 1.807) is 21.1 Å². The minimum Gasteiger partial charge on any atom is -0.493 e. The van der Waals surface area contributed by atoms with Crippen molar-refractivity contribution >= 4 is 11.9 Å². The number of carbonyl (C=O) groups is 2. The van der Waals surface area contributed by atoms with Crippen LogP contribution in [0.15, 0.2) is 12.1 Å². The highest BCUT2D eigenvalue weighted by atomic mass is 16.5. The number of hydrogen-bond donors (Lipinski definition) is 2. The molecule has 0 heterocycles. The Hall–Kier alpha value is -2.28. The van der Waals surface area contributed by atoms with Gasteiger partial charge in [-0.1, -0.05) is 19.3 Å². The van der Waals surface area contributed by atoms with E-state index in [-0.39, 0.29) is 11.9 Å². The number of urea groups is 1. The first-order valence-corrected chi connectivity index (χ1v) is 9.88. The van der Waals surface area contributed by atoms with Crippen molar-refractivity contribution in [2.24, 2.45) is 0 Å². The molecule has 0 spiro atoms. The molecule has 0 bridgehead atoms. The smallest absolute Gasteiger partial charge is 0.321 e. The summed E-state index contributed by atoms with van der Waals surface area (Å²) in [6.45, 7) is 4.33. The molecule has 28 heavy (non-hydrogen) atoms. The molecular formula is C21H33N3O4. The van der Waals surface area contributed by atoms with Gasteiger partial charge in [0.2, 0.25) is 5.91 Å². The number of imide groups is 1. The van der Waals surface area contributed by atoms with E-state index in [9.17, 15) is 9.59 Å². The van der Waals surface area contributed by atoms with Crippen molar-refractivity contribution in [1.82, 2.24) is 15.5 Å². The third-order valence-electron chi connectivity index (χ3n) is 5.48. The molecule has 0 saturated heterocycles. The maximum absolute atomic E-state index is 12.5. The Bertz CT molecular complexity index is 686. The molecular weight excluding hydrogens is 358 g/mol. The van der Waals surface area contributed by atoms with Crippen LogP contribution in [-0.2, 0) is 11.3 Å². The Morgan fingerprint density at radius 2 is 1.75 bits per heavy atom. The number of carbonyl (C=O) groups excluding carboxylic acids is 2. The van der Waals surface area contributed by atoms with Gasteiger partial charge in [-0.05, 0) is 57.0 Å². The van der Waals surface area contributed by atoms with Crippen LogP contribution in [0, 0.1) is 6.92 Å². The lowest BCUT2D eigenvalue weighted by Gasteiger charge is -2.26. The van der Waals surface area contributed by atoms with Gasteiger partial charge < -0.3 is 14.8 Å². The second-order valence-corrected chi connectivity index (χ2v) is 7.52. The Balaban J connectivity index is 1.93. The fraction of sp³-hybridized carbons (Fsp3) is 0.619. The maximum atomic E-state index is 12.5. The molecule has 1 aliphatic rings. The van der Waals surface area contributed by atoms with Crippen LogP contribution in [0.2, 0.25) is 0 Å². The third kappa shape index (κ3) is 5.86. The minimum absolute atomic E-state index is 0.170. The molecule has 0 aromatic heterocycles. The van der Waals surface area contributed by atoms with Gasteiger partial charge in [0.05, 0.1) is 20.3 Å². The van der Waals surface area contributed by atoms with E-state index in [2.05, 4.69) is 10.6 Å². The molecule has 7 nitrogen and oxygen atoms in total. The van der Waals surface area contributed by atoms with E-state index in [0.29, 0.717) is 18.0 Å². The molecule has 1 aromatic carbocycles. The summed E-state index contributed by atoms with van der Waals surface area (Å²) in [5.74, 6) is 1.02. The van der Waals surface area contributed by atoms with Crippen LogP contribution in [0.1, 0.15) is 50.2 Å². The predicted molar refractivity (Wildman–Crippen MR) is 109 cm³/mol. The van der Waals surface area contributed by atoms with Gasteiger partial charge in [0.1, 0.15) is 0 Å². The molecule has 1 saturated carbocycles. The van der Waals surface area contributed by atoms with Gasteiger partial charge in [0.15, 0.2) is 11.5 Å². The van der Waals surface area contributed by atoms with Crippen LogP contribution < -0.4 is 20.1 Å². The summed E-state index contributed by atoms with van der Waals surface area (Å²) in [4.78, 5) is 26.5. The minimum atomic E-state index is -0.454.